The molecule has 1 rings (SSSR count). The summed E-state index contributed by atoms with van der Waals surface area (Å²) in [7, 11) is 0. The number of halogens is 7. The van der Waals surface area contributed by atoms with E-state index in [0.29, 0.717) is 0 Å². The SMILES string of the molecule is O=[N+]([O-])c1ccc(C(Cl)=NC(C(F)(F)F)C(F)(F)F)cc1. The largest absolute Gasteiger partial charge is 0.419 e. The molecule has 0 atom stereocenters. The average molecular weight is 335 g/mol. The molecular formula is C10H5ClF6N2O2. The zero-order valence-corrected chi connectivity index (χ0v) is 10.5. The van der Waals surface area contributed by atoms with Gasteiger partial charge in [0.15, 0.2) is 0 Å². The zero-order chi connectivity index (χ0) is 16.4. The lowest BCUT2D eigenvalue weighted by molar-refractivity contribution is -0.384. The fourth-order valence-corrected chi connectivity index (χ4v) is 1.46. The molecule has 0 spiro atoms. The molecule has 0 aromatic heterocycles. The number of alkyl halides is 6. The first-order valence-electron chi connectivity index (χ1n) is 5.04. The van der Waals surface area contributed by atoms with E-state index < -0.39 is 34.2 Å². The predicted octanol–water partition coefficient (Wildman–Crippen LogP) is 4.07. The van der Waals surface area contributed by atoms with Crippen molar-refractivity contribution in [2.45, 2.75) is 18.4 Å². The van der Waals surface area contributed by atoms with Crippen molar-refractivity contribution < 1.29 is 31.3 Å². The van der Waals surface area contributed by atoms with E-state index in [4.69, 9.17) is 11.6 Å². The molecule has 0 saturated carbocycles. The van der Waals surface area contributed by atoms with Crippen molar-refractivity contribution >= 4 is 22.5 Å². The van der Waals surface area contributed by atoms with Crippen LogP contribution in [0.3, 0.4) is 0 Å². The van der Waals surface area contributed by atoms with Gasteiger partial charge in [-0.1, -0.05) is 11.6 Å². The third-order valence-corrected chi connectivity index (χ3v) is 2.49. The number of nitro groups is 1. The van der Waals surface area contributed by atoms with Crippen LogP contribution in [0.15, 0.2) is 29.3 Å². The van der Waals surface area contributed by atoms with Gasteiger partial charge in [-0.15, -0.1) is 0 Å². The molecule has 0 aliphatic rings. The first-order valence-corrected chi connectivity index (χ1v) is 5.42. The Kier molecular flexibility index (Phi) is 4.82. The van der Waals surface area contributed by atoms with Gasteiger partial charge >= 0.3 is 12.4 Å². The van der Waals surface area contributed by atoms with Crippen LogP contribution < -0.4 is 0 Å². The van der Waals surface area contributed by atoms with Crippen LogP contribution in [-0.2, 0) is 0 Å². The lowest BCUT2D eigenvalue weighted by Gasteiger charge is -2.19. The van der Waals surface area contributed by atoms with Gasteiger partial charge in [0, 0.05) is 17.7 Å². The van der Waals surface area contributed by atoms with Crippen LogP contribution in [0.25, 0.3) is 0 Å². The molecule has 1 aromatic rings. The fraction of sp³-hybridized carbons (Fsp3) is 0.300. The number of aliphatic imine (C=N–C) groups is 1. The van der Waals surface area contributed by atoms with Gasteiger partial charge in [0.05, 0.1) is 4.92 Å². The molecular weight excluding hydrogens is 330 g/mol. The normalized spacial score (nSPS) is 13.6. The van der Waals surface area contributed by atoms with Crippen LogP contribution >= 0.6 is 11.6 Å². The molecule has 1 aromatic carbocycles. The van der Waals surface area contributed by atoms with Gasteiger partial charge in [0.2, 0.25) is 6.04 Å². The van der Waals surface area contributed by atoms with E-state index in [-0.39, 0.29) is 5.56 Å². The Labute approximate surface area is 118 Å². The van der Waals surface area contributed by atoms with Gasteiger partial charge in [-0.3, -0.25) is 15.1 Å². The molecule has 0 N–H and O–H groups in total. The summed E-state index contributed by atoms with van der Waals surface area (Å²) in [6, 6.07) is -0.415. The van der Waals surface area contributed by atoms with Gasteiger partial charge < -0.3 is 0 Å². The van der Waals surface area contributed by atoms with E-state index >= 15 is 0 Å². The molecule has 4 nitrogen and oxygen atoms in total. The molecule has 21 heavy (non-hydrogen) atoms. The Morgan fingerprint density at radius 1 is 1.10 bits per heavy atom. The quantitative estimate of drug-likeness (QED) is 0.362. The van der Waals surface area contributed by atoms with Crippen LogP contribution in [0.2, 0.25) is 0 Å². The molecule has 0 amide bonds. The van der Waals surface area contributed by atoms with E-state index in [1.54, 1.807) is 0 Å². The summed E-state index contributed by atoms with van der Waals surface area (Å²) in [6.07, 6.45) is -11.3. The summed E-state index contributed by atoms with van der Waals surface area (Å²) in [4.78, 5) is 12.0. The first kappa shape index (κ1) is 17.2. The van der Waals surface area contributed by atoms with Crippen LogP contribution in [0.5, 0.6) is 0 Å². The number of non-ortho nitro benzene ring substituents is 1. The summed E-state index contributed by atoms with van der Waals surface area (Å²) >= 11 is 5.33. The van der Waals surface area contributed by atoms with Crippen molar-refractivity contribution in [2.75, 3.05) is 0 Å². The number of nitrogens with zero attached hydrogens (tertiary/aromatic N) is 2. The molecule has 0 unspecified atom stereocenters. The van der Waals surface area contributed by atoms with Crippen LogP contribution in [0.4, 0.5) is 32.0 Å². The highest BCUT2D eigenvalue weighted by Gasteiger charge is 2.57. The fourth-order valence-electron chi connectivity index (χ4n) is 1.24. The predicted molar refractivity (Wildman–Crippen MR) is 61.4 cm³/mol. The van der Waals surface area contributed by atoms with Crippen LogP contribution in [0, 0.1) is 10.1 Å². The molecule has 0 aliphatic heterocycles. The highest BCUT2D eigenvalue weighted by Crippen LogP contribution is 2.36. The maximum Gasteiger partial charge on any atom is 0.419 e. The van der Waals surface area contributed by atoms with E-state index in [1.165, 1.54) is 0 Å². The summed E-state index contributed by atoms with van der Waals surface area (Å²) in [5.74, 6) is 0. The topological polar surface area (TPSA) is 55.5 Å². The maximum atomic E-state index is 12.3. The monoisotopic (exact) mass is 334 g/mol. The van der Waals surface area contributed by atoms with Crippen molar-refractivity contribution in [3.63, 3.8) is 0 Å². The van der Waals surface area contributed by atoms with E-state index in [2.05, 4.69) is 4.99 Å². The van der Waals surface area contributed by atoms with E-state index in [0.717, 1.165) is 24.3 Å². The minimum atomic E-state index is -5.65. The second-order valence-corrected chi connectivity index (χ2v) is 4.07. The van der Waals surface area contributed by atoms with Gasteiger partial charge in [0.25, 0.3) is 5.69 Å². The highest BCUT2D eigenvalue weighted by atomic mass is 35.5. The summed E-state index contributed by atoms with van der Waals surface area (Å²) in [5, 5.41) is 9.32. The second kappa shape index (κ2) is 5.88. The lowest BCUT2D eigenvalue weighted by Crippen LogP contribution is -2.41. The molecule has 0 saturated heterocycles. The summed E-state index contributed by atoms with van der Waals surface area (Å²) in [6.45, 7) is 0. The minimum absolute atomic E-state index is 0.305. The Morgan fingerprint density at radius 3 is 1.86 bits per heavy atom. The number of benzene rings is 1. The zero-order valence-electron chi connectivity index (χ0n) is 9.74. The Bertz CT molecular complexity index is 538. The van der Waals surface area contributed by atoms with Gasteiger partial charge in [-0.05, 0) is 12.1 Å². The van der Waals surface area contributed by atoms with Crippen LogP contribution in [0.1, 0.15) is 5.56 Å². The third-order valence-electron chi connectivity index (χ3n) is 2.18. The summed E-state index contributed by atoms with van der Waals surface area (Å²) < 4.78 is 73.7. The third kappa shape index (κ3) is 4.59. The van der Waals surface area contributed by atoms with E-state index in [1.807, 2.05) is 0 Å². The summed E-state index contributed by atoms with van der Waals surface area (Å²) in [5.41, 5.74) is -0.702. The Morgan fingerprint density at radius 2 is 1.52 bits per heavy atom. The Balaban J connectivity index is 3.14. The van der Waals surface area contributed by atoms with Gasteiger partial charge in [-0.2, -0.15) is 26.3 Å². The standard InChI is InChI=1S/C10H5ClF6N2O2/c11-7(5-1-3-6(4-2-5)19(20)21)18-8(9(12,13)14)10(15,16)17/h1-4,8H. The van der Waals surface area contributed by atoms with Crippen molar-refractivity contribution in [3.05, 3.63) is 39.9 Å². The molecule has 0 bridgehead atoms. The number of hydrogen-bond donors (Lipinski definition) is 0. The van der Waals surface area contributed by atoms with Crippen molar-refractivity contribution in [2.24, 2.45) is 4.99 Å². The smallest absolute Gasteiger partial charge is 0.258 e. The molecule has 0 radical (unpaired) electrons. The first-order chi connectivity index (χ1) is 9.43. The number of rotatable bonds is 3. The molecule has 116 valence electrons. The van der Waals surface area contributed by atoms with E-state index in [9.17, 15) is 36.5 Å². The second-order valence-electron chi connectivity index (χ2n) is 3.71. The highest BCUT2D eigenvalue weighted by molar-refractivity contribution is 6.69. The molecule has 0 aliphatic carbocycles. The maximum absolute atomic E-state index is 12.3. The Hall–Kier alpha value is -1.84. The van der Waals surface area contributed by atoms with Crippen molar-refractivity contribution in [1.29, 1.82) is 0 Å². The lowest BCUT2D eigenvalue weighted by atomic mass is 10.2. The molecule has 0 heterocycles. The van der Waals surface area contributed by atoms with Crippen LogP contribution in [-0.4, -0.2) is 28.5 Å². The number of nitro benzene ring substituents is 1. The van der Waals surface area contributed by atoms with Crippen molar-refractivity contribution in [1.82, 2.24) is 0 Å². The van der Waals surface area contributed by atoms with Gasteiger partial charge in [-0.25, -0.2) is 0 Å². The minimum Gasteiger partial charge on any atom is -0.258 e. The number of hydrogen-bond acceptors (Lipinski definition) is 3. The van der Waals surface area contributed by atoms with Crippen molar-refractivity contribution in [3.8, 4) is 0 Å². The average Bonchev–Trinajstić information content (AvgIpc) is 2.33. The molecule has 0 fully saturated rings. The molecule has 11 heteroatoms. The van der Waals surface area contributed by atoms with Gasteiger partial charge in [0.1, 0.15) is 5.17 Å².